The van der Waals surface area contributed by atoms with Crippen LogP contribution in [0.1, 0.15) is 55.8 Å². The highest BCUT2D eigenvalue weighted by atomic mass is 32.2. The van der Waals surface area contributed by atoms with Crippen molar-refractivity contribution in [1.82, 2.24) is 5.32 Å². The van der Waals surface area contributed by atoms with Crippen LogP contribution in [0.15, 0.2) is 72.8 Å². The summed E-state index contributed by atoms with van der Waals surface area (Å²) in [4.78, 5) is 25.5. The first-order valence-electron chi connectivity index (χ1n) is 12.2. The van der Waals surface area contributed by atoms with Crippen LogP contribution >= 0.6 is 0 Å². The molecule has 0 aromatic heterocycles. The van der Waals surface area contributed by atoms with Gasteiger partial charge in [0.05, 0.1) is 18.7 Å². The molecule has 1 unspecified atom stereocenters. The average molecular weight is 538 g/mol. The third-order valence-corrected chi connectivity index (χ3v) is 6.45. The highest BCUT2D eigenvalue weighted by Crippen LogP contribution is 2.44. The van der Waals surface area contributed by atoms with Gasteiger partial charge in [-0.1, -0.05) is 60.7 Å². The first-order chi connectivity index (χ1) is 17.9. The fourth-order valence-electron chi connectivity index (χ4n) is 4.51. The van der Waals surface area contributed by atoms with Gasteiger partial charge in [0.1, 0.15) is 18.0 Å². The number of amides is 1. The lowest BCUT2D eigenvalue weighted by Crippen LogP contribution is -2.33. The fraction of sp³-hybridized carbons (Fsp3) is 0.310. The van der Waals surface area contributed by atoms with Crippen LogP contribution in [0.4, 0.5) is 4.79 Å². The van der Waals surface area contributed by atoms with Gasteiger partial charge >= 0.3 is 22.2 Å². The molecule has 0 fully saturated rings. The van der Waals surface area contributed by atoms with Crippen molar-refractivity contribution in [3.8, 4) is 16.9 Å². The molecule has 0 saturated carbocycles. The maximum atomic E-state index is 12.9. The van der Waals surface area contributed by atoms with Gasteiger partial charge in [-0.2, -0.15) is 8.42 Å². The molecule has 4 rings (SSSR count). The Morgan fingerprint density at radius 3 is 1.97 bits per heavy atom. The van der Waals surface area contributed by atoms with Gasteiger partial charge in [-0.25, -0.2) is 4.79 Å². The molecule has 1 amide bonds. The molecule has 8 nitrogen and oxygen atoms in total. The standard InChI is InChI=1S/C29H31NO7S/c1-29(2,3)36-27(31)17-26(19-13-15-20(16-14-19)37-38(4,33)34)30-28(32)35-18-25-23-11-7-5-9-21(23)22-10-6-8-12-24(22)25/h5-16,25-26H,17-18H2,1-4H3,(H,30,32). The molecule has 0 spiro atoms. The maximum absolute atomic E-state index is 12.9. The molecule has 0 radical (unpaired) electrons. The van der Waals surface area contributed by atoms with Crippen molar-refractivity contribution in [3.63, 3.8) is 0 Å². The minimum absolute atomic E-state index is 0.107. The first-order valence-corrected chi connectivity index (χ1v) is 14.0. The Bertz CT molecular complexity index is 1380. The smallest absolute Gasteiger partial charge is 0.407 e. The van der Waals surface area contributed by atoms with Gasteiger partial charge < -0.3 is 19.0 Å². The van der Waals surface area contributed by atoms with Crippen LogP contribution < -0.4 is 9.50 Å². The average Bonchev–Trinajstić information content (AvgIpc) is 3.14. The Kier molecular flexibility index (Phi) is 7.78. The number of benzene rings is 3. The van der Waals surface area contributed by atoms with Crippen LogP contribution in [-0.2, 0) is 24.4 Å². The van der Waals surface area contributed by atoms with E-state index in [9.17, 15) is 18.0 Å². The molecule has 0 aliphatic heterocycles. The summed E-state index contributed by atoms with van der Waals surface area (Å²) in [5.74, 6) is -0.490. The molecule has 3 aromatic carbocycles. The fourth-order valence-corrected chi connectivity index (χ4v) is 4.98. The Morgan fingerprint density at radius 1 is 0.895 bits per heavy atom. The van der Waals surface area contributed by atoms with Crippen molar-refractivity contribution in [2.24, 2.45) is 0 Å². The van der Waals surface area contributed by atoms with E-state index in [2.05, 4.69) is 17.4 Å². The molecule has 1 aliphatic rings. The molecular weight excluding hydrogens is 506 g/mol. The van der Waals surface area contributed by atoms with E-state index < -0.39 is 33.8 Å². The normalized spacial score (nSPS) is 13.7. The summed E-state index contributed by atoms with van der Waals surface area (Å²) in [5, 5.41) is 2.77. The zero-order valence-corrected chi connectivity index (χ0v) is 22.6. The van der Waals surface area contributed by atoms with Crippen LogP contribution in [-0.4, -0.2) is 38.9 Å². The van der Waals surface area contributed by atoms with E-state index in [1.807, 2.05) is 36.4 Å². The van der Waals surface area contributed by atoms with Crippen molar-refractivity contribution in [3.05, 3.63) is 89.5 Å². The quantitative estimate of drug-likeness (QED) is 0.305. The lowest BCUT2D eigenvalue weighted by Gasteiger charge is -2.23. The number of fused-ring (bicyclic) bond motifs is 3. The van der Waals surface area contributed by atoms with Crippen molar-refractivity contribution in [1.29, 1.82) is 0 Å². The van der Waals surface area contributed by atoms with Gasteiger partial charge in [-0.05, 0) is 60.7 Å². The predicted octanol–water partition coefficient (Wildman–Crippen LogP) is 5.34. The van der Waals surface area contributed by atoms with E-state index in [-0.39, 0.29) is 24.7 Å². The molecule has 3 aromatic rings. The Hall–Kier alpha value is -3.85. The number of rotatable bonds is 8. The monoisotopic (exact) mass is 537 g/mol. The molecule has 0 saturated heterocycles. The highest BCUT2D eigenvalue weighted by Gasteiger charge is 2.30. The lowest BCUT2D eigenvalue weighted by molar-refractivity contribution is -0.155. The summed E-state index contributed by atoms with van der Waals surface area (Å²) in [6, 6.07) is 21.4. The van der Waals surface area contributed by atoms with Crippen molar-refractivity contribution in [2.75, 3.05) is 12.9 Å². The van der Waals surface area contributed by atoms with Gasteiger partial charge in [-0.15, -0.1) is 0 Å². The molecule has 9 heteroatoms. The number of hydrogen-bond acceptors (Lipinski definition) is 7. The molecular formula is C29H31NO7S. The number of ether oxygens (including phenoxy) is 2. The van der Waals surface area contributed by atoms with Gasteiger partial charge in [0.15, 0.2) is 0 Å². The summed E-state index contributed by atoms with van der Waals surface area (Å²) in [6.45, 7) is 5.41. The minimum Gasteiger partial charge on any atom is -0.460 e. The third-order valence-electron chi connectivity index (χ3n) is 5.96. The van der Waals surface area contributed by atoms with Crippen molar-refractivity contribution >= 4 is 22.2 Å². The maximum Gasteiger partial charge on any atom is 0.407 e. The van der Waals surface area contributed by atoms with E-state index in [0.29, 0.717) is 5.56 Å². The number of hydrogen-bond donors (Lipinski definition) is 1. The number of carbonyl (C=O) groups is 2. The van der Waals surface area contributed by atoms with Gasteiger partial charge in [0.25, 0.3) is 0 Å². The van der Waals surface area contributed by atoms with Crippen LogP contribution in [0.2, 0.25) is 0 Å². The number of nitrogens with one attached hydrogen (secondary N) is 1. The second-order valence-corrected chi connectivity index (χ2v) is 11.7. The van der Waals surface area contributed by atoms with Crippen LogP contribution in [0.3, 0.4) is 0 Å². The minimum atomic E-state index is -3.69. The molecule has 0 bridgehead atoms. The van der Waals surface area contributed by atoms with E-state index in [0.717, 1.165) is 28.5 Å². The Morgan fingerprint density at radius 2 is 1.45 bits per heavy atom. The van der Waals surface area contributed by atoms with Gasteiger partial charge in [0, 0.05) is 5.92 Å². The van der Waals surface area contributed by atoms with Crippen LogP contribution in [0.25, 0.3) is 11.1 Å². The zero-order valence-electron chi connectivity index (χ0n) is 21.8. The second kappa shape index (κ2) is 10.9. The first kappa shape index (κ1) is 27.2. The van der Waals surface area contributed by atoms with Gasteiger partial charge in [0.2, 0.25) is 0 Å². The number of esters is 1. The summed E-state index contributed by atoms with van der Waals surface area (Å²) in [6.07, 6.45) is 0.121. The SMILES string of the molecule is CC(C)(C)OC(=O)CC(NC(=O)OCC1c2ccccc2-c2ccccc21)c1ccc(OS(C)(=O)=O)cc1. The van der Waals surface area contributed by atoms with Gasteiger partial charge in [-0.3, -0.25) is 4.79 Å². The molecule has 200 valence electrons. The molecule has 0 heterocycles. The molecule has 1 N–H and O–H groups in total. The molecule has 38 heavy (non-hydrogen) atoms. The van der Waals surface area contributed by atoms with Crippen LogP contribution in [0.5, 0.6) is 5.75 Å². The Balaban J connectivity index is 1.49. The third kappa shape index (κ3) is 6.92. The summed E-state index contributed by atoms with van der Waals surface area (Å²) >= 11 is 0. The topological polar surface area (TPSA) is 108 Å². The van der Waals surface area contributed by atoms with E-state index >= 15 is 0 Å². The lowest BCUT2D eigenvalue weighted by atomic mass is 9.98. The zero-order chi connectivity index (χ0) is 27.5. The molecule has 1 atom stereocenters. The predicted molar refractivity (Wildman–Crippen MR) is 143 cm³/mol. The number of carbonyl (C=O) groups excluding carboxylic acids is 2. The summed E-state index contributed by atoms with van der Waals surface area (Å²) in [7, 11) is -3.69. The van der Waals surface area contributed by atoms with E-state index in [1.165, 1.54) is 12.1 Å². The largest absolute Gasteiger partial charge is 0.460 e. The van der Waals surface area contributed by atoms with E-state index in [4.69, 9.17) is 13.7 Å². The molecule has 1 aliphatic carbocycles. The summed E-state index contributed by atoms with van der Waals surface area (Å²) in [5.41, 5.74) is 4.29. The highest BCUT2D eigenvalue weighted by molar-refractivity contribution is 7.86. The summed E-state index contributed by atoms with van der Waals surface area (Å²) < 4.78 is 38.8. The second-order valence-electron chi connectivity index (χ2n) is 10.2. The Labute approximate surface area is 223 Å². The van der Waals surface area contributed by atoms with Crippen molar-refractivity contribution < 1.29 is 31.7 Å². The van der Waals surface area contributed by atoms with E-state index in [1.54, 1.807) is 32.9 Å². The number of alkyl carbamates (subject to hydrolysis) is 1. The van der Waals surface area contributed by atoms with Crippen molar-refractivity contribution in [2.45, 2.75) is 44.8 Å². The van der Waals surface area contributed by atoms with Crippen LogP contribution in [0, 0.1) is 0 Å².